The fourth-order valence-corrected chi connectivity index (χ4v) is 1.77. The lowest BCUT2D eigenvalue weighted by atomic mass is 9.97. The summed E-state index contributed by atoms with van der Waals surface area (Å²) in [6, 6.07) is 9.27. The number of rotatable bonds is 6. The number of hydrogen-bond acceptors (Lipinski definition) is 4. The summed E-state index contributed by atoms with van der Waals surface area (Å²) in [5.74, 6) is -1.88. The van der Waals surface area contributed by atoms with Gasteiger partial charge in [0.05, 0.1) is 6.07 Å². The van der Waals surface area contributed by atoms with Crippen LogP contribution in [0, 0.1) is 17.2 Å². The summed E-state index contributed by atoms with van der Waals surface area (Å²) >= 11 is 0. The lowest BCUT2D eigenvalue weighted by Gasteiger charge is -2.22. The maximum Gasteiger partial charge on any atom is 0.254 e. The quantitative estimate of drug-likeness (QED) is 0.689. The molecule has 0 aliphatic heterocycles. The van der Waals surface area contributed by atoms with Gasteiger partial charge < -0.3 is 16.2 Å². The molecule has 0 bridgehead atoms. The Morgan fingerprint density at radius 2 is 2.00 bits per heavy atom. The summed E-state index contributed by atoms with van der Waals surface area (Å²) < 4.78 is 0. The molecule has 0 aliphatic rings. The molecule has 6 nitrogen and oxygen atoms in total. The van der Waals surface area contributed by atoms with E-state index in [1.807, 2.05) is 6.07 Å². The van der Waals surface area contributed by atoms with Gasteiger partial charge in [-0.25, -0.2) is 0 Å². The lowest BCUT2D eigenvalue weighted by Crippen LogP contribution is -2.49. The fraction of sp³-hybridized carbons (Fsp3) is 0.357. The topological polar surface area (TPSA) is 116 Å². The third-order valence-corrected chi connectivity index (χ3v) is 2.95. The SMILES string of the molecule is C[C@H](CC#N)[C@H](NC(=O)[C@@H](O)c1ccccc1)C(N)=O. The van der Waals surface area contributed by atoms with Gasteiger partial charge in [0.15, 0.2) is 6.10 Å². The predicted octanol–water partition coefficient (Wildman–Crippen LogP) is 0.240. The Hall–Kier alpha value is -2.39. The van der Waals surface area contributed by atoms with Gasteiger partial charge in [-0.05, 0) is 11.5 Å². The molecule has 6 heteroatoms. The first-order valence-corrected chi connectivity index (χ1v) is 6.17. The standard InChI is InChI=1S/C14H17N3O3/c1-9(7-8-15)11(13(16)19)17-14(20)12(18)10-5-3-2-4-6-10/h2-6,9,11-12,18H,7H2,1H3,(H2,16,19)(H,17,20)/t9-,11+,12+/m1/s1. The van der Waals surface area contributed by atoms with E-state index in [4.69, 9.17) is 11.0 Å². The van der Waals surface area contributed by atoms with Crippen molar-refractivity contribution >= 4 is 11.8 Å². The monoisotopic (exact) mass is 275 g/mol. The summed E-state index contributed by atoms with van der Waals surface area (Å²) in [7, 11) is 0. The van der Waals surface area contributed by atoms with Gasteiger partial charge in [-0.2, -0.15) is 5.26 Å². The highest BCUT2D eigenvalue weighted by molar-refractivity contribution is 5.89. The van der Waals surface area contributed by atoms with Crippen molar-refractivity contribution in [2.45, 2.75) is 25.5 Å². The molecular weight excluding hydrogens is 258 g/mol. The van der Waals surface area contributed by atoms with E-state index in [1.165, 1.54) is 0 Å². The molecule has 0 radical (unpaired) electrons. The number of aliphatic hydroxyl groups is 1. The molecule has 0 fully saturated rings. The number of amides is 2. The van der Waals surface area contributed by atoms with Crippen molar-refractivity contribution in [3.8, 4) is 6.07 Å². The molecule has 0 unspecified atom stereocenters. The molecule has 20 heavy (non-hydrogen) atoms. The summed E-state index contributed by atoms with van der Waals surface area (Å²) in [4.78, 5) is 23.2. The lowest BCUT2D eigenvalue weighted by molar-refractivity contribution is -0.134. The molecule has 0 spiro atoms. The molecule has 1 aromatic carbocycles. The van der Waals surface area contributed by atoms with Crippen LogP contribution >= 0.6 is 0 Å². The predicted molar refractivity (Wildman–Crippen MR) is 71.9 cm³/mol. The van der Waals surface area contributed by atoms with Crippen molar-refractivity contribution in [3.63, 3.8) is 0 Å². The highest BCUT2D eigenvalue weighted by Gasteiger charge is 2.27. The van der Waals surface area contributed by atoms with Gasteiger partial charge in [0.2, 0.25) is 5.91 Å². The van der Waals surface area contributed by atoms with Crippen LogP contribution in [-0.4, -0.2) is 23.0 Å². The van der Waals surface area contributed by atoms with Crippen LogP contribution in [0.25, 0.3) is 0 Å². The van der Waals surface area contributed by atoms with Gasteiger partial charge in [0.1, 0.15) is 6.04 Å². The molecule has 1 rings (SSSR count). The van der Waals surface area contributed by atoms with Crippen LogP contribution < -0.4 is 11.1 Å². The first-order valence-electron chi connectivity index (χ1n) is 6.17. The fourth-order valence-electron chi connectivity index (χ4n) is 1.77. The van der Waals surface area contributed by atoms with Crippen LogP contribution in [0.3, 0.4) is 0 Å². The van der Waals surface area contributed by atoms with E-state index in [-0.39, 0.29) is 6.42 Å². The maximum atomic E-state index is 11.9. The number of aliphatic hydroxyl groups excluding tert-OH is 1. The number of primary amides is 1. The van der Waals surface area contributed by atoms with E-state index in [0.29, 0.717) is 5.56 Å². The molecule has 0 heterocycles. The normalized spacial score (nSPS) is 14.7. The Morgan fingerprint density at radius 1 is 1.40 bits per heavy atom. The summed E-state index contributed by atoms with van der Waals surface area (Å²) in [5, 5.41) is 20.9. The van der Waals surface area contributed by atoms with Gasteiger partial charge >= 0.3 is 0 Å². The number of benzene rings is 1. The average molecular weight is 275 g/mol. The van der Waals surface area contributed by atoms with Gasteiger partial charge in [0.25, 0.3) is 5.91 Å². The number of carbonyl (C=O) groups is 2. The smallest absolute Gasteiger partial charge is 0.254 e. The third kappa shape index (κ3) is 4.07. The van der Waals surface area contributed by atoms with Gasteiger partial charge in [-0.15, -0.1) is 0 Å². The average Bonchev–Trinajstić information content (AvgIpc) is 2.44. The molecule has 1 aromatic rings. The van der Waals surface area contributed by atoms with Crippen LogP contribution in [0.5, 0.6) is 0 Å². The largest absolute Gasteiger partial charge is 0.378 e. The van der Waals surface area contributed by atoms with Gasteiger partial charge in [-0.3, -0.25) is 9.59 Å². The minimum absolute atomic E-state index is 0.0787. The van der Waals surface area contributed by atoms with E-state index in [2.05, 4.69) is 5.32 Å². The van der Waals surface area contributed by atoms with E-state index in [9.17, 15) is 14.7 Å². The van der Waals surface area contributed by atoms with Crippen molar-refractivity contribution in [1.29, 1.82) is 5.26 Å². The summed E-state index contributed by atoms with van der Waals surface area (Å²) in [6.45, 7) is 1.63. The first-order chi connectivity index (χ1) is 9.47. The zero-order valence-corrected chi connectivity index (χ0v) is 11.1. The maximum absolute atomic E-state index is 11.9. The van der Waals surface area contributed by atoms with Crippen molar-refractivity contribution in [2.24, 2.45) is 11.7 Å². The number of hydrogen-bond donors (Lipinski definition) is 3. The van der Waals surface area contributed by atoms with Crippen LogP contribution in [0.4, 0.5) is 0 Å². The van der Waals surface area contributed by atoms with Gasteiger partial charge in [-0.1, -0.05) is 37.3 Å². The van der Waals surface area contributed by atoms with Gasteiger partial charge in [0, 0.05) is 6.42 Å². The van der Waals surface area contributed by atoms with Crippen molar-refractivity contribution in [1.82, 2.24) is 5.32 Å². The molecule has 2 amide bonds. The Balaban J connectivity index is 2.77. The number of carbonyl (C=O) groups excluding carboxylic acids is 2. The van der Waals surface area contributed by atoms with E-state index in [0.717, 1.165) is 0 Å². The highest BCUT2D eigenvalue weighted by atomic mass is 16.3. The minimum Gasteiger partial charge on any atom is -0.378 e. The van der Waals surface area contributed by atoms with Crippen LogP contribution in [0.1, 0.15) is 25.0 Å². The van der Waals surface area contributed by atoms with Crippen LogP contribution in [0.15, 0.2) is 30.3 Å². The first kappa shape index (κ1) is 15.7. The number of nitrogens with two attached hydrogens (primary N) is 1. The Morgan fingerprint density at radius 3 is 2.50 bits per heavy atom. The number of nitrogens with zero attached hydrogens (tertiary/aromatic N) is 1. The molecule has 0 aliphatic carbocycles. The molecule has 0 saturated carbocycles. The third-order valence-electron chi connectivity index (χ3n) is 2.95. The molecule has 0 aromatic heterocycles. The van der Waals surface area contributed by atoms with Crippen molar-refractivity contribution in [2.75, 3.05) is 0 Å². The second-order valence-electron chi connectivity index (χ2n) is 4.54. The Bertz CT molecular complexity index is 510. The van der Waals surface area contributed by atoms with Crippen molar-refractivity contribution in [3.05, 3.63) is 35.9 Å². The molecule has 0 saturated heterocycles. The molecule has 106 valence electrons. The molecule has 3 atom stereocenters. The molecular formula is C14H17N3O3. The second-order valence-corrected chi connectivity index (χ2v) is 4.54. The minimum atomic E-state index is -1.38. The zero-order chi connectivity index (χ0) is 15.1. The zero-order valence-electron chi connectivity index (χ0n) is 11.1. The Labute approximate surface area is 117 Å². The second kappa shape index (κ2) is 7.26. The van der Waals surface area contributed by atoms with E-state index < -0.39 is 29.9 Å². The number of nitrogens with one attached hydrogen (secondary N) is 1. The summed E-state index contributed by atoms with van der Waals surface area (Å²) in [6.07, 6.45) is -1.30. The van der Waals surface area contributed by atoms with Crippen LogP contribution in [-0.2, 0) is 9.59 Å². The van der Waals surface area contributed by atoms with E-state index in [1.54, 1.807) is 37.3 Å². The van der Waals surface area contributed by atoms with E-state index >= 15 is 0 Å². The highest BCUT2D eigenvalue weighted by Crippen LogP contribution is 2.14. The Kier molecular flexibility index (Phi) is 5.69. The summed E-state index contributed by atoms with van der Waals surface area (Å²) in [5.41, 5.74) is 5.63. The number of nitriles is 1. The van der Waals surface area contributed by atoms with Crippen molar-refractivity contribution < 1.29 is 14.7 Å². The van der Waals surface area contributed by atoms with Crippen LogP contribution in [0.2, 0.25) is 0 Å². The molecule has 4 N–H and O–H groups in total.